The highest BCUT2D eigenvalue weighted by atomic mass is 19.1. The largest absolute Gasteiger partial charge is 0.487 e. The van der Waals surface area contributed by atoms with Crippen molar-refractivity contribution in [3.05, 3.63) is 29.3 Å². The van der Waals surface area contributed by atoms with Crippen LogP contribution in [0, 0.1) is 11.6 Å². The molecular formula is C15H20F2O2. The Bertz CT molecular complexity index is 446. The number of benzene rings is 1. The topological polar surface area (TPSA) is 18.5 Å². The van der Waals surface area contributed by atoms with Crippen LogP contribution >= 0.6 is 0 Å². The van der Waals surface area contributed by atoms with Gasteiger partial charge in [0.15, 0.2) is 11.6 Å². The van der Waals surface area contributed by atoms with Crippen LogP contribution < -0.4 is 4.74 Å². The Morgan fingerprint density at radius 2 is 2.05 bits per heavy atom. The molecule has 1 fully saturated rings. The Kier molecular flexibility index (Phi) is 4.40. The fourth-order valence-electron chi connectivity index (χ4n) is 2.36. The first-order valence-electron chi connectivity index (χ1n) is 6.74. The van der Waals surface area contributed by atoms with Gasteiger partial charge in [-0.2, -0.15) is 0 Å². The predicted molar refractivity (Wildman–Crippen MR) is 69.5 cm³/mol. The summed E-state index contributed by atoms with van der Waals surface area (Å²) < 4.78 is 38.4. The average Bonchev–Trinajstić information content (AvgIpc) is 2.32. The van der Waals surface area contributed by atoms with Crippen LogP contribution in [-0.2, 0) is 4.74 Å². The molecule has 19 heavy (non-hydrogen) atoms. The lowest BCUT2D eigenvalue weighted by atomic mass is 10.0. The molecule has 0 radical (unpaired) electrons. The van der Waals surface area contributed by atoms with Gasteiger partial charge in [-0.05, 0) is 18.9 Å². The molecule has 0 aliphatic carbocycles. The van der Waals surface area contributed by atoms with Gasteiger partial charge in [0.1, 0.15) is 11.9 Å². The van der Waals surface area contributed by atoms with Gasteiger partial charge in [0.05, 0.1) is 12.7 Å². The number of halogens is 2. The normalized spacial score (nSPS) is 23.7. The Hall–Kier alpha value is -1.16. The molecule has 2 atom stereocenters. The Morgan fingerprint density at radius 1 is 1.32 bits per heavy atom. The molecule has 0 N–H and O–H groups in total. The lowest BCUT2D eigenvalue weighted by molar-refractivity contribution is -0.0264. The van der Waals surface area contributed by atoms with E-state index >= 15 is 0 Å². The minimum Gasteiger partial charge on any atom is -0.487 e. The summed E-state index contributed by atoms with van der Waals surface area (Å²) in [5, 5.41) is 0. The van der Waals surface area contributed by atoms with E-state index in [9.17, 15) is 8.78 Å². The predicted octanol–water partition coefficient (Wildman–Crippen LogP) is 4.03. The molecule has 1 aromatic rings. The van der Waals surface area contributed by atoms with Crippen molar-refractivity contribution in [3.8, 4) is 5.75 Å². The smallest absolute Gasteiger partial charge is 0.168 e. The van der Waals surface area contributed by atoms with Gasteiger partial charge in [-0.15, -0.1) is 0 Å². The highest BCUT2D eigenvalue weighted by molar-refractivity contribution is 5.38. The van der Waals surface area contributed by atoms with Gasteiger partial charge in [0.2, 0.25) is 0 Å². The molecule has 0 amide bonds. The second-order valence-electron chi connectivity index (χ2n) is 5.41. The summed E-state index contributed by atoms with van der Waals surface area (Å²) in [6, 6.07) is 2.23. The van der Waals surface area contributed by atoms with Crippen molar-refractivity contribution in [1.82, 2.24) is 0 Å². The van der Waals surface area contributed by atoms with Crippen LogP contribution in [0.15, 0.2) is 12.1 Å². The molecule has 106 valence electrons. The number of rotatable bonds is 3. The summed E-state index contributed by atoms with van der Waals surface area (Å²) in [6.07, 6.45) is 1.51. The van der Waals surface area contributed by atoms with Crippen molar-refractivity contribution >= 4 is 0 Å². The molecule has 0 saturated carbocycles. The van der Waals surface area contributed by atoms with Crippen LogP contribution in [0.5, 0.6) is 5.75 Å². The molecule has 1 saturated heterocycles. The first kappa shape index (κ1) is 14.3. The van der Waals surface area contributed by atoms with Gasteiger partial charge in [-0.3, -0.25) is 0 Å². The third kappa shape index (κ3) is 3.44. The summed E-state index contributed by atoms with van der Waals surface area (Å²) >= 11 is 0. The Labute approximate surface area is 112 Å². The Morgan fingerprint density at radius 3 is 2.68 bits per heavy atom. The summed E-state index contributed by atoms with van der Waals surface area (Å²) in [4.78, 5) is 0. The van der Waals surface area contributed by atoms with Gasteiger partial charge in [0, 0.05) is 24.5 Å². The second kappa shape index (κ2) is 5.87. The summed E-state index contributed by atoms with van der Waals surface area (Å²) in [6.45, 7) is 6.38. The summed E-state index contributed by atoms with van der Waals surface area (Å²) in [5.41, 5.74) is 0.580. The maximum Gasteiger partial charge on any atom is 0.168 e. The fraction of sp³-hybridized carbons (Fsp3) is 0.600. The molecule has 1 aliphatic rings. The minimum atomic E-state index is -0.622. The van der Waals surface area contributed by atoms with Gasteiger partial charge in [-0.1, -0.05) is 13.8 Å². The van der Waals surface area contributed by atoms with Gasteiger partial charge < -0.3 is 9.47 Å². The van der Waals surface area contributed by atoms with E-state index in [1.165, 1.54) is 6.07 Å². The lowest BCUT2D eigenvalue weighted by Gasteiger charge is -2.29. The van der Waals surface area contributed by atoms with Crippen LogP contribution in [0.2, 0.25) is 0 Å². The maximum atomic E-state index is 13.9. The number of hydrogen-bond acceptors (Lipinski definition) is 2. The maximum absolute atomic E-state index is 13.9. The second-order valence-corrected chi connectivity index (χ2v) is 5.41. The van der Waals surface area contributed by atoms with Crippen LogP contribution in [0.4, 0.5) is 8.78 Å². The lowest BCUT2D eigenvalue weighted by Crippen LogP contribution is -2.31. The molecule has 2 nitrogen and oxygen atoms in total. The highest BCUT2D eigenvalue weighted by Gasteiger charge is 2.24. The SMILES string of the molecule is CC1CC(Oc2c(F)cc(F)cc2C(C)C)CCO1. The van der Waals surface area contributed by atoms with E-state index in [-0.39, 0.29) is 23.9 Å². The standard InChI is InChI=1S/C15H20F2O2/c1-9(2)13-7-11(16)8-14(17)15(13)19-12-4-5-18-10(3)6-12/h7-10,12H,4-6H2,1-3H3. The van der Waals surface area contributed by atoms with Crippen molar-refractivity contribution in [3.63, 3.8) is 0 Å². The van der Waals surface area contributed by atoms with Crippen LogP contribution in [0.1, 0.15) is 45.1 Å². The van der Waals surface area contributed by atoms with E-state index in [0.29, 0.717) is 12.2 Å². The van der Waals surface area contributed by atoms with E-state index in [2.05, 4.69) is 0 Å². The zero-order valence-corrected chi connectivity index (χ0v) is 11.6. The van der Waals surface area contributed by atoms with E-state index in [4.69, 9.17) is 9.47 Å². The quantitative estimate of drug-likeness (QED) is 0.825. The van der Waals surface area contributed by atoms with E-state index in [1.54, 1.807) is 0 Å². The molecule has 1 heterocycles. The van der Waals surface area contributed by atoms with Crippen molar-refractivity contribution in [2.24, 2.45) is 0 Å². The first-order valence-corrected chi connectivity index (χ1v) is 6.74. The summed E-state index contributed by atoms with van der Waals surface area (Å²) in [7, 11) is 0. The van der Waals surface area contributed by atoms with Crippen LogP contribution in [-0.4, -0.2) is 18.8 Å². The zero-order chi connectivity index (χ0) is 14.0. The zero-order valence-electron chi connectivity index (χ0n) is 11.6. The van der Waals surface area contributed by atoms with E-state index in [1.807, 2.05) is 20.8 Å². The third-order valence-corrected chi connectivity index (χ3v) is 3.38. The van der Waals surface area contributed by atoms with Crippen LogP contribution in [0.3, 0.4) is 0 Å². The molecule has 4 heteroatoms. The van der Waals surface area contributed by atoms with Gasteiger partial charge >= 0.3 is 0 Å². The molecule has 1 aromatic carbocycles. The Balaban J connectivity index is 2.23. The van der Waals surface area contributed by atoms with Crippen molar-refractivity contribution in [2.75, 3.05) is 6.61 Å². The minimum absolute atomic E-state index is 0.0115. The molecule has 0 aromatic heterocycles. The third-order valence-electron chi connectivity index (χ3n) is 3.38. The molecule has 0 bridgehead atoms. The van der Waals surface area contributed by atoms with Crippen molar-refractivity contribution in [1.29, 1.82) is 0 Å². The van der Waals surface area contributed by atoms with Crippen molar-refractivity contribution in [2.45, 2.75) is 51.7 Å². The molecule has 2 unspecified atom stereocenters. The first-order chi connectivity index (χ1) is 8.97. The van der Waals surface area contributed by atoms with Gasteiger partial charge in [0.25, 0.3) is 0 Å². The fourth-order valence-corrected chi connectivity index (χ4v) is 2.36. The van der Waals surface area contributed by atoms with E-state index in [0.717, 1.165) is 18.9 Å². The highest BCUT2D eigenvalue weighted by Crippen LogP contribution is 2.32. The van der Waals surface area contributed by atoms with Crippen molar-refractivity contribution < 1.29 is 18.3 Å². The molecule has 0 spiro atoms. The average molecular weight is 270 g/mol. The number of hydrogen-bond donors (Lipinski definition) is 0. The number of ether oxygens (including phenoxy) is 2. The summed E-state index contributed by atoms with van der Waals surface area (Å²) in [5.74, 6) is -0.982. The molecule has 2 rings (SSSR count). The van der Waals surface area contributed by atoms with Crippen LogP contribution in [0.25, 0.3) is 0 Å². The van der Waals surface area contributed by atoms with E-state index < -0.39 is 11.6 Å². The molecule has 1 aliphatic heterocycles. The molecular weight excluding hydrogens is 250 g/mol. The monoisotopic (exact) mass is 270 g/mol. The van der Waals surface area contributed by atoms with Gasteiger partial charge in [-0.25, -0.2) is 8.78 Å².